The summed E-state index contributed by atoms with van der Waals surface area (Å²) in [5, 5.41) is 0.206. The molecule has 1 heterocycles. The van der Waals surface area contributed by atoms with Gasteiger partial charge in [0.1, 0.15) is 5.82 Å². The van der Waals surface area contributed by atoms with Crippen LogP contribution in [0.1, 0.15) is 28.3 Å². The molecule has 1 aromatic heterocycles. The van der Waals surface area contributed by atoms with Crippen LogP contribution in [0.25, 0.3) is 0 Å². The molecule has 3 N–H and O–H groups in total. The highest BCUT2D eigenvalue weighted by atomic mass is 35.5. The molecule has 0 amide bonds. The molecule has 0 aliphatic carbocycles. The van der Waals surface area contributed by atoms with E-state index >= 15 is 0 Å². The van der Waals surface area contributed by atoms with E-state index in [1.807, 2.05) is 19.9 Å². The Kier molecular flexibility index (Phi) is 3.71. The lowest BCUT2D eigenvalue weighted by Crippen LogP contribution is -2.30. The van der Waals surface area contributed by atoms with Crippen LogP contribution in [0.4, 0.5) is 4.39 Å². The molecule has 1 aromatic carbocycles. The summed E-state index contributed by atoms with van der Waals surface area (Å²) in [4.78, 5) is 0. The first kappa shape index (κ1) is 13.1. The fourth-order valence-electron chi connectivity index (χ4n) is 2.13. The Balaban J connectivity index is 2.56. The maximum Gasteiger partial charge on any atom is 0.198 e. The second kappa shape index (κ2) is 5.10. The zero-order chi connectivity index (χ0) is 13.3. The quantitative estimate of drug-likeness (QED) is 0.664. The fraction of sp³-hybridized carbons (Fsp3) is 0.231. The first-order valence-electron chi connectivity index (χ1n) is 5.50. The third-order valence-electron chi connectivity index (χ3n) is 2.89. The number of benzene rings is 1. The van der Waals surface area contributed by atoms with Gasteiger partial charge in [-0.3, -0.25) is 5.84 Å². The van der Waals surface area contributed by atoms with Crippen molar-refractivity contribution in [1.82, 2.24) is 5.43 Å². The second-order valence-electron chi connectivity index (χ2n) is 4.23. The van der Waals surface area contributed by atoms with Crippen molar-refractivity contribution in [3.8, 4) is 0 Å². The van der Waals surface area contributed by atoms with E-state index < -0.39 is 6.04 Å². The van der Waals surface area contributed by atoms with Crippen LogP contribution < -0.4 is 11.3 Å². The minimum absolute atomic E-state index is 0.206. The Morgan fingerprint density at radius 2 is 2.11 bits per heavy atom. The van der Waals surface area contributed by atoms with E-state index in [4.69, 9.17) is 21.9 Å². The number of nitrogens with one attached hydrogen (secondary N) is 1. The SMILES string of the molecule is Cc1cc(C)c(C(NN)c2ccoc2Cl)c(F)c1. The van der Waals surface area contributed by atoms with Gasteiger partial charge in [-0.25, -0.2) is 9.82 Å². The van der Waals surface area contributed by atoms with Gasteiger partial charge in [-0.05, 0) is 48.7 Å². The van der Waals surface area contributed by atoms with Crippen LogP contribution in [-0.2, 0) is 0 Å². The van der Waals surface area contributed by atoms with E-state index in [9.17, 15) is 4.39 Å². The van der Waals surface area contributed by atoms with Gasteiger partial charge in [-0.2, -0.15) is 0 Å². The Morgan fingerprint density at radius 1 is 1.39 bits per heavy atom. The van der Waals surface area contributed by atoms with Gasteiger partial charge >= 0.3 is 0 Å². The molecule has 3 nitrogen and oxygen atoms in total. The van der Waals surface area contributed by atoms with Crippen molar-refractivity contribution in [2.24, 2.45) is 5.84 Å². The number of hydrazine groups is 1. The van der Waals surface area contributed by atoms with E-state index in [1.54, 1.807) is 6.07 Å². The smallest absolute Gasteiger partial charge is 0.198 e. The number of halogens is 2. The van der Waals surface area contributed by atoms with Crippen LogP contribution in [0.15, 0.2) is 28.9 Å². The summed E-state index contributed by atoms with van der Waals surface area (Å²) in [6, 6.07) is 4.51. The van der Waals surface area contributed by atoms with Gasteiger partial charge in [0.25, 0.3) is 0 Å². The van der Waals surface area contributed by atoms with Gasteiger partial charge in [0.15, 0.2) is 5.22 Å². The molecule has 0 radical (unpaired) electrons. The van der Waals surface area contributed by atoms with Crippen molar-refractivity contribution in [2.45, 2.75) is 19.9 Å². The maximum absolute atomic E-state index is 14.1. The predicted molar refractivity (Wildman–Crippen MR) is 68.8 cm³/mol. The molecule has 2 aromatic rings. The minimum atomic E-state index is -0.531. The molecule has 0 aliphatic heterocycles. The van der Waals surface area contributed by atoms with Crippen LogP contribution in [0.2, 0.25) is 5.22 Å². The highest BCUT2D eigenvalue weighted by Gasteiger charge is 2.23. The zero-order valence-electron chi connectivity index (χ0n) is 10.1. The van der Waals surface area contributed by atoms with E-state index in [0.29, 0.717) is 11.1 Å². The average molecular weight is 269 g/mol. The summed E-state index contributed by atoms with van der Waals surface area (Å²) < 4.78 is 19.1. The molecule has 96 valence electrons. The van der Waals surface area contributed by atoms with Crippen molar-refractivity contribution < 1.29 is 8.81 Å². The van der Waals surface area contributed by atoms with Crippen molar-refractivity contribution >= 4 is 11.6 Å². The van der Waals surface area contributed by atoms with Crippen molar-refractivity contribution in [3.05, 3.63) is 57.8 Å². The molecular weight excluding hydrogens is 255 g/mol. The molecule has 18 heavy (non-hydrogen) atoms. The lowest BCUT2D eigenvalue weighted by Gasteiger charge is -2.19. The van der Waals surface area contributed by atoms with E-state index in [2.05, 4.69) is 5.43 Å². The van der Waals surface area contributed by atoms with Gasteiger partial charge in [0.2, 0.25) is 0 Å². The average Bonchev–Trinajstić information content (AvgIpc) is 2.69. The van der Waals surface area contributed by atoms with Crippen LogP contribution in [-0.4, -0.2) is 0 Å². The molecule has 2 rings (SSSR count). The van der Waals surface area contributed by atoms with Crippen LogP contribution >= 0.6 is 11.6 Å². The van der Waals surface area contributed by atoms with Crippen molar-refractivity contribution in [3.63, 3.8) is 0 Å². The van der Waals surface area contributed by atoms with Gasteiger partial charge in [0.05, 0.1) is 12.3 Å². The second-order valence-corrected chi connectivity index (χ2v) is 4.57. The molecule has 0 spiro atoms. The Hall–Kier alpha value is -1.36. The molecule has 0 aliphatic rings. The molecular formula is C13H14ClFN2O. The van der Waals surface area contributed by atoms with Crippen LogP contribution in [0.5, 0.6) is 0 Å². The first-order valence-corrected chi connectivity index (χ1v) is 5.88. The summed E-state index contributed by atoms with van der Waals surface area (Å²) in [5.41, 5.74) is 5.35. The number of nitrogens with two attached hydrogens (primary N) is 1. The molecule has 1 atom stereocenters. The predicted octanol–water partition coefficient (Wildman–Crippen LogP) is 3.24. The number of hydrogen-bond acceptors (Lipinski definition) is 3. The number of rotatable bonds is 3. The summed E-state index contributed by atoms with van der Waals surface area (Å²) in [6.07, 6.45) is 1.45. The Morgan fingerprint density at radius 3 is 2.61 bits per heavy atom. The molecule has 1 unspecified atom stereocenters. The van der Waals surface area contributed by atoms with Crippen molar-refractivity contribution in [2.75, 3.05) is 0 Å². The molecule has 5 heteroatoms. The number of aryl methyl sites for hydroxylation is 2. The monoisotopic (exact) mass is 268 g/mol. The van der Waals surface area contributed by atoms with E-state index in [-0.39, 0.29) is 11.0 Å². The summed E-state index contributed by atoms with van der Waals surface area (Å²) in [7, 11) is 0. The topological polar surface area (TPSA) is 51.2 Å². The number of hydrogen-bond donors (Lipinski definition) is 2. The largest absolute Gasteiger partial charge is 0.453 e. The van der Waals surface area contributed by atoms with Crippen LogP contribution in [0, 0.1) is 19.7 Å². The fourth-order valence-corrected chi connectivity index (χ4v) is 2.35. The first-order chi connectivity index (χ1) is 8.54. The summed E-state index contributed by atoms with van der Waals surface area (Å²) in [5.74, 6) is 5.21. The summed E-state index contributed by atoms with van der Waals surface area (Å²) in [6.45, 7) is 3.68. The van der Waals surface area contributed by atoms with E-state index in [0.717, 1.165) is 11.1 Å². The van der Waals surface area contributed by atoms with E-state index in [1.165, 1.54) is 12.3 Å². The third kappa shape index (κ3) is 2.27. The molecule has 0 bridgehead atoms. The summed E-state index contributed by atoms with van der Waals surface area (Å²) >= 11 is 5.91. The zero-order valence-corrected chi connectivity index (χ0v) is 10.9. The third-order valence-corrected chi connectivity index (χ3v) is 3.20. The van der Waals surface area contributed by atoms with Gasteiger partial charge in [0, 0.05) is 11.1 Å². The van der Waals surface area contributed by atoms with Gasteiger partial charge < -0.3 is 4.42 Å². The van der Waals surface area contributed by atoms with Crippen LogP contribution in [0.3, 0.4) is 0 Å². The lowest BCUT2D eigenvalue weighted by molar-refractivity contribution is 0.538. The normalized spacial score (nSPS) is 12.7. The van der Waals surface area contributed by atoms with Gasteiger partial charge in [-0.15, -0.1) is 0 Å². The highest BCUT2D eigenvalue weighted by Crippen LogP contribution is 2.32. The highest BCUT2D eigenvalue weighted by molar-refractivity contribution is 6.29. The number of furan rings is 1. The lowest BCUT2D eigenvalue weighted by atomic mass is 9.95. The van der Waals surface area contributed by atoms with Crippen molar-refractivity contribution in [1.29, 1.82) is 0 Å². The molecule has 0 fully saturated rings. The molecule has 0 saturated carbocycles. The maximum atomic E-state index is 14.1. The molecule has 0 saturated heterocycles. The standard InChI is InChI=1S/C13H14ClFN2O/c1-7-5-8(2)11(10(15)6-7)12(17-16)9-3-4-18-13(9)14/h3-6,12,17H,16H2,1-2H3. The Bertz CT molecular complexity index is 545. The van der Waals surface area contributed by atoms with Gasteiger partial charge in [-0.1, -0.05) is 6.07 Å². The minimum Gasteiger partial charge on any atom is -0.453 e. The Labute approximate surface area is 110 Å².